The highest BCUT2D eigenvalue weighted by Gasteiger charge is 2.04. The number of furan rings is 1. The highest BCUT2D eigenvalue weighted by atomic mass is 127. The Hall–Kier alpha value is -0.760. The number of methoxy groups -OCH3 is 1. The summed E-state index contributed by atoms with van der Waals surface area (Å²) in [7, 11) is 1.70. The fourth-order valence-corrected chi connectivity index (χ4v) is 1.97. The minimum absolute atomic E-state index is 0. The van der Waals surface area contributed by atoms with Crippen LogP contribution in [0.3, 0.4) is 0 Å². The van der Waals surface area contributed by atoms with Crippen LogP contribution in [0.4, 0.5) is 0 Å². The van der Waals surface area contributed by atoms with Crippen LogP contribution < -0.4 is 10.6 Å². The molecule has 0 saturated carbocycles. The fraction of sp³-hybridized carbons (Fsp3) is 0.688. The number of hydrogen-bond donors (Lipinski definition) is 2. The van der Waals surface area contributed by atoms with Crippen LogP contribution in [0, 0.1) is 5.92 Å². The maximum absolute atomic E-state index is 5.33. The molecule has 1 aromatic rings. The lowest BCUT2D eigenvalue weighted by molar-refractivity contribution is 0.203. The number of hydrogen-bond acceptors (Lipinski definition) is 3. The molecule has 0 aliphatic heterocycles. The van der Waals surface area contributed by atoms with Gasteiger partial charge in [0.05, 0.1) is 12.9 Å². The quantitative estimate of drug-likeness (QED) is 0.263. The van der Waals surface area contributed by atoms with E-state index in [-0.39, 0.29) is 24.0 Å². The second-order valence-electron chi connectivity index (χ2n) is 5.05. The van der Waals surface area contributed by atoms with Gasteiger partial charge in [-0.05, 0) is 18.1 Å². The van der Waals surface area contributed by atoms with Crippen molar-refractivity contribution < 1.29 is 9.15 Å². The predicted molar refractivity (Wildman–Crippen MR) is 102 cm³/mol. The standard InChI is InChI=1S/C16H29N3O2.HI/c1-4-14(5-2)13-19-16(18-10-12-20-3)17-9-8-15-7-6-11-21-15;/h6-7,11,14H,4-5,8-10,12-13H2,1-3H3,(H2,17,18,19);1H. The number of halogens is 1. The maximum Gasteiger partial charge on any atom is 0.191 e. The summed E-state index contributed by atoms with van der Waals surface area (Å²) in [6, 6.07) is 3.90. The van der Waals surface area contributed by atoms with Crippen molar-refractivity contribution in [3.8, 4) is 0 Å². The molecule has 128 valence electrons. The van der Waals surface area contributed by atoms with Crippen LogP contribution in [-0.4, -0.2) is 39.3 Å². The fourth-order valence-electron chi connectivity index (χ4n) is 1.97. The normalized spacial score (nSPS) is 11.4. The Morgan fingerprint density at radius 3 is 2.59 bits per heavy atom. The first kappa shape index (κ1) is 21.2. The van der Waals surface area contributed by atoms with Gasteiger partial charge < -0.3 is 19.8 Å². The van der Waals surface area contributed by atoms with E-state index in [9.17, 15) is 0 Å². The molecule has 1 heterocycles. The van der Waals surface area contributed by atoms with Gasteiger partial charge in [0, 0.05) is 33.2 Å². The number of nitrogens with zero attached hydrogens (tertiary/aromatic N) is 1. The Morgan fingerprint density at radius 2 is 2.00 bits per heavy atom. The first-order chi connectivity index (χ1) is 10.3. The van der Waals surface area contributed by atoms with Gasteiger partial charge in [-0.25, -0.2) is 0 Å². The van der Waals surface area contributed by atoms with Gasteiger partial charge >= 0.3 is 0 Å². The van der Waals surface area contributed by atoms with E-state index in [0.29, 0.717) is 12.5 Å². The highest BCUT2D eigenvalue weighted by Crippen LogP contribution is 2.07. The second-order valence-corrected chi connectivity index (χ2v) is 5.05. The van der Waals surface area contributed by atoms with Crippen LogP contribution in [0.25, 0.3) is 0 Å². The van der Waals surface area contributed by atoms with Crippen molar-refractivity contribution in [3.05, 3.63) is 24.2 Å². The smallest absolute Gasteiger partial charge is 0.191 e. The van der Waals surface area contributed by atoms with Gasteiger partial charge in [0.25, 0.3) is 0 Å². The molecule has 1 aromatic heterocycles. The van der Waals surface area contributed by atoms with E-state index in [1.807, 2.05) is 12.1 Å². The maximum atomic E-state index is 5.33. The predicted octanol–water partition coefficient (Wildman–Crippen LogP) is 3.06. The van der Waals surface area contributed by atoms with Crippen LogP contribution >= 0.6 is 24.0 Å². The van der Waals surface area contributed by atoms with Gasteiger partial charge in [-0.15, -0.1) is 24.0 Å². The van der Waals surface area contributed by atoms with Crippen molar-refractivity contribution in [1.29, 1.82) is 0 Å². The van der Waals surface area contributed by atoms with Crippen LogP contribution in [0.15, 0.2) is 27.8 Å². The average Bonchev–Trinajstić information content (AvgIpc) is 3.01. The molecule has 22 heavy (non-hydrogen) atoms. The summed E-state index contributed by atoms with van der Waals surface area (Å²) in [5.74, 6) is 2.49. The Balaban J connectivity index is 0.00000441. The van der Waals surface area contributed by atoms with Gasteiger partial charge in [0.15, 0.2) is 5.96 Å². The molecule has 0 amide bonds. The van der Waals surface area contributed by atoms with Gasteiger partial charge in [0.2, 0.25) is 0 Å². The summed E-state index contributed by atoms with van der Waals surface area (Å²) in [5.41, 5.74) is 0. The number of ether oxygens (including phenoxy) is 1. The zero-order valence-electron chi connectivity index (χ0n) is 13.9. The summed E-state index contributed by atoms with van der Waals surface area (Å²) >= 11 is 0. The lowest BCUT2D eigenvalue weighted by Gasteiger charge is -2.14. The summed E-state index contributed by atoms with van der Waals surface area (Å²) in [4.78, 5) is 4.66. The van der Waals surface area contributed by atoms with Crippen LogP contribution in [0.2, 0.25) is 0 Å². The minimum Gasteiger partial charge on any atom is -0.469 e. The van der Waals surface area contributed by atoms with E-state index in [2.05, 4.69) is 29.5 Å². The molecule has 0 bridgehead atoms. The van der Waals surface area contributed by atoms with Crippen molar-refractivity contribution >= 4 is 29.9 Å². The molecule has 0 radical (unpaired) electrons. The molecule has 0 atom stereocenters. The topological polar surface area (TPSA) is 58.8 Å². The van der Waals surface area contributed by atoms with Crippen molar-refractivity contribution in [2.75, 3.05) is 33.4 Å². The molecule has 1 rings (SSSR count). The van der Waals surface area contributed by atoms with Crippen molar-refractivity contribution in [2.45, 2.75) is 33.1 Å². The van der Waals surface area contributed by atoms with Gasteiger partial charge in [-0.3, -0.25) is 4.99 Å². The van der Waals surface area contributed by atoms with Crippen LogP contribution in [0.1, 0.15) is 32.4 Å². The Morgan fingerprint density at radius 1 is 1.27 bits per heavy atom. The number of aliphatic imine (C=N–C) groups is 1. The molecular formula is C16H30IN3O2. The molecule has 0 aromatic carbocycles. The zero-order valence-corrected chi connectivity index (χ0v) is 16.3. The number of nitrogens with one attached hydrogen (secondary N) is 2. The van der Waals surface area contributed by atoms with E-state index in [1.165, 1.54) is 0 Å². The minimum atomic E-state index is 0. The van der Waals surface area contributed by atoms with E-state index < -0.39 is 0 Å². The Kier molecular flexibility index (Phi) is 13.4. The molecule has 0 spiro atoms. The summed E-state index contributed by atoms with van der Waals surface area (Å²) in [5, 5.41) is 6.63. The number of rotatable bonds is 10. The summed E-state index contributed by atoms with van der Waals surface area (Å²) in [6.07, 6.45) is 4.88. The molecular weight excluding hydrogens is 393 g/mol. The van der Waals surface area contributed by atoms with Crippen molar-refractivity contribution in [1.82, 2.24) is 10.6 Å². The van der Waals surface area contributed by atoms with Crippen molar-refractivity contribution in [3.63, 3.8) is 0 Å². The molecule has 5 nitrogen and oxygen atoms in total. The third-order valence-corrected chi connectivity index (χ3v) is 3.50. The first-order valence-corrected chi connectivity index (χ1v) is 7.83. The van der Waals surface area contributed by atoms with Gasteiger partial charge in [0.1, 0.15) is 5.76 Å². The molecule has 6 heteroatoms. The zero-order chi connectivity index (χ0) is 15.3. The lowest BCUT2D eigenvalue weighted by atomic mass is 10.0. The molecule has 0 aliphatic carbocycles. The van der Waals surface area contributed by atoms with Gasteiger partial charge in [-0.2, -0.15) is 0 Å². The second kappa shape index (κ2) is 13.9. The summed E-state index contributed by atoms with van der Waals surface area (Å²) in [6.45, 7) is 7.51. The third-order valence-electron chi connectivity index (χ3n) is 3.50. The third kappa shape index (κ3) is 9.30. The van der Waals surface area contributed by atoms with Gasteiger partial charge in [-0.1, -0.05) is 26.7 Å². The number of guanidine groups is 1. The average molecular weight is 423 g/mol. The molecule has 0 saturated heterocycles. The molecule has 0 fully saturated rings. The van der Waals surface area contributed by atoms with E-state index >= 15 is 0 Å². The van der Waals surface area contributed by atoms with E-state index in [0.717, 1.165) is 50.6 Å². The highest BCUT2D eigenvalue weighted by molar-refractivity contribution is 14.0. The molecule has 0 unspecified atom stereocenters. The van der Waals surface area contributed by atoms with Crippen LogP contribution in [-0.2, 0) is 11.2 Å². The van der Waals surface area contributed by atoms with Crippen LogP contribution in [0.5, 0.6) is 0 Å². The lowest BCUT2D eigenvalue weighted by Crippen LogP contribution is -2.40. The van der Waals surface area contributed by atoms with E-state index in [4.69, 9.17) is 9.15 Å². The van der Waals surface area contributed by atoms with Crippen molar-refractivity contribution in [2.24, 2.45) is 10.9 Å². The summed E-state index contributed by atoms with van der Waals surface area (Å²) < 4.78 is 10.4. The largest absolute Gasteiger partial charge is 0.469 e. The Labute approximate surface area is 151 Å². The SMILES string of the molecule is CCC(CC)CN=C(NCCOC)NCCc1ccco1.I. The van der Waals surface area contributed by atoms with E-state index in [1.54, 1.807) is 13.4 Å². The molecule has 0 aliphatic rings. The Bertz CT molecular complexity index is 379. The first-order valence-electron chi connectivity index (χ1n) is 7.83. The monoisotopic (exact) mass is 423 g/mol. The molecule has 2 N–H and O–H groups in total.